The summed E-state index contributed by atoms with van der Waals surface area (Å²) < 4.78 is 10.5. The monoisotopic (exact) mass is 276 g/mol. The third-order valence-electron chi connectivity index (χ3n) is 2.97. The quantitative estimate of drug-likeness (QED) is 0.633. The van der Waals surface area contributed by atoms with Crippen molar-refractivity contribution in [3.63, 3.8) is 0 Å². The summed E-state index contributed by atoms with van der Waals surface area (Å²) in [5.41, 5.74) is 2.92. The third kappa shape index (κ3) is 2.04. The highest BCUT2D eigenvalue weighted by Crippen LogP contribution is 2.34. The van der Waals surface area contributed by atoms with E-state index in [-0.39, 0.29) is 12.6 Å². The fourth-order valence-electron chi connectivity index (χ4n) is 2.15. The van der Waals surface area contributed by atoms with E-state index in [1.165, 1.54) is 0 Å². The summed E-state index contributed by atoms with van der Waals surface area (Å²) in [7, 11) is 0. The van der Waals surface area contributed by atoms with Gasteiger partial charge in [0.05, 0.1) is 6.61 Å². The Hall–Kier alpha value is -2.08. The molecule has 0 radical (unpaired) electrons. The molecule has 2 aliphatic heterocycles. The number of thiocarbonyl (C=S) groups is 1. The van der Waals surface area contributed by atoms with Gasteiger partial charge in [-0.1, -0.05) is 0 Å². The van der Waals surface area contributed by atoms with Gasteiger partial charge in [-0.15, -0.1) is 0 Å². The van der Waals surface area contributed by atoms with E-state index < -0.39 is 0 Å². The zero-order chi connectivity index (χ0) is 13.4. The van der Waals surface area contributed by atoms with E-state index in [9.17, 15) is 4.79 Å². The van der Waals surface area contributed by atoms with Crippen molar-refractivity contribution in [1.82, 2.24) is 5.32 Å². The Morgan fingerprint density at radius 1 is 1.42 bits per heavy atom. The predicted molar refractivity (Wildman–Crippen MR) is 74.8 cm³/mol. The van der Waals surface area contributed by atoms with Gasteiger partial charge in [0.1, 0.15) is 18.1 Å². The number of hydrogen-bond donors (Lipinski definition) is 2. The van der Waals surface area contributed by atoms with Crippen LogP contribution in [0.3, 0.4) is 0 Å². The molecule has 98 valence electrons. The fourth-order valence-corrected chi connectivity index (χ4v) is 2.36. The maximum Gasteiger partial charge on any atom is 0.355 e. The molecule has 2 aliphatic rings. The number of esters is 1. The fraction of sp³-hybridized carbons (Fsp3) is 0.231. The van der Waals surface area contributed by atoms with Crippen LogP contribution in [0.25, 0.3) is 5.57 Å². The third-order valence-corrected chi connectivity index (χ3v) is 3.17. The molecule has 0 amide bonds. The van der Waals surface area contributed by atoms with Crippen molar-refractivity contribution < 1.29 is 14.3 Å². The Labute approximate surface area is 115 Å². The van der Waals surface area contributed by atoms with Gasteiger partial charge in [0.25, 0.3) is 0 Å². The normalized spacial score (nSPS) is 16.9. The lowest BCUT2D eigenvalue weighted by Crippen LogP contribution is -2.29. The van der Waals surface area contributed by atoms with Gasteiger partial charge < -0.3 is 20.1 Å². The van der Waals surface area contributed by atoms with Gasteiger partial charge >= 0.3 is 5.97 Å². The van der Waals surface area contributed by atoms with Gasteiger partial charge in [-0.25, -0.2) is 4.79 Å². The highest BCUT2D eigenvalue weighted by atomic mass is 32.1. The summed E-state index contributed by atoms with van der Waals surface area (Å²) in [5, 5.41) is 6.31. The molecule has 0 aromatic heterocycles. The number of benzene rings is 1. The van der Waals surface area contributed by atoms with E-state index in [4.69, 9.17) is 21.7 Å². The van der Waals surface area contributed by atoms with Crippen LogP contribution in [0, 0.1) is 0 Å². The van der Waals surface area contributed by atoms with Gasteiger partial charge in [-0.3, -0.25) is 0 Å². The topological polar surface area (TPSA) is 59.6 Å². The Morgan fingerprint density at radius 2 is 2.26 bits per heavy atom. The van der Waals surface area contributed by atoms with Gasteiger partial charge in [0, 0.05) is 16.8 Å². The van der Waals surface area contributed by atoms with Crippen molar-refractivity contribution in [3.05, 3.63) is 29.5 Å². The Balaban J connectivity index is 2.14. The van der Waals surface area contributed by atoms with Crippen molar-refractivity contribution in [3.8, 4) is 5.75 Å². The SMILES string of the molecule is CCOc1ccc2c(c1)C1=C(NC(=S)N2)C(=O)OC1. The average molecular weight is 276 g/mol. The summed E-state index contributed by atoms with van der Waals surface area (Å²) in [6.45, 7) is 2.76. The molecule has 2 N–H and O–H groups in total. The van der Waals surface area contributed by atoms with E-state index in [1.807, 2.05) is 25.1 Å². The first-order valence-electron chi connectivity index (χ1n) is 5.94. The van der Waals surface area contributed by atoms with E-state index in [0.29, 0.717) is 17.4 Å². The molecule has 5 nitrogen and oxygen atoms in total. The molecule has 0 bridgehead atoms. The summed E-state index contributed by atoms with van der Waals surface area (Å²) in [4.78, 5) is 11.7. The maximum atomic E-state index is 11.7. The molecule has 0 saturated carbocycles. The van der Waals surface area contributed by atoms with E-state index in [0.717, 1.165) is 22.6 Å². The van der Waals surface area contributed by atoms with Gasteiger partial charge in [0.15, 0.2) is 5.11 Å². The van der Waals surface area contributed by atoms with Gasteiger partial charge in [-0.2, -0.15) is 0 Å². The van der Waals surface area contributed by atoms with Crippen LogP contribution < -0.4 is 15.4 Å². The highest BCUT2D eigenvalue weighted by Gasteiger charge is 2.30. The summed E-state index contributed by atoms with van der Waals surface area (Å²) >= 11 is 5.13. The predicted octanol–water partition coefficient (Wildman–Crippen LogP) is 1.65. The number of rotatable bonds is 2. The minimum Gasteiger partial charge on any atom is -0.494 e. The van der Waals surface area contributed by atoms with Gasteiger partial charge in [-0.05, 0) is 37.3 Å². The van der Waals surface area contributed by atoms with Crippen LogP contribution in [0.5, 0.6) is 5.75 Å². The number of fused-ring (bicyclic) bond motifs is 2. The smallest absolute Gasteiger partial charge is 0.355 e. The lowest BCUT2D eigenvalue weighted by Gasteiger charge is -2.12. The summed E-state index contributed by atoms with van der Waals surface area (Å²) in [6.07, 6.45) is 0. The van der Waals surface area contributed by atoms with Crippen molar-refractivity contribution in [2.45, 2.75) is 6.92 Å². The number of carbonyl (C=O) groups is 1. The number of nitrogens with one attached hydrogen (secondary N) is 2. The first kappa shape index (κ1) is 12.0. The zero-order valence-electron chi connectivity index (χ0n) is 10.3. The zero-order valence-corrected chi connectivity index (χ0v) is 11.1. The average Bonchev–Trinajstić information content (AvgIpc) is 2.66. The minimum atomic E-state index is -0.381. The second kappa shape index (κ2) is 4.55. The Morgan fingerprint density at radius 3 is 3.05 bits per heavy atom. The number of carbonyl (C=O) groups excluding carboxylic acids is 1. The first-order chi connectivity index (χ1) is 9.19. The molecule has 19 heavy (non-hydrogen) atoms. The van der Waals surface area contributed by atoms with E-state index in [1.54, 1.807) is 0 Å². The molecule has 6 heteroatoms. The Bertz CT molecular complexity index is 610. The van der Waals surface area contributed by atoms with Crippen molar-refractivity contribution in [2.75, 3.05) is 18.5 Å². The second-order valence-electron chi connectivity index (χ2n) is 4.15. The number of ether oxygens (including phenoxy) is 2. The largest absolute Gasteiger partial charge is 0.494 e. The molecule has 0 fully saturated rings. The van der Waals surface area contributed by atoms with Crippen LogP contribution in [-0.4, -0.2) is 24.3 Å². The number of anilines is 1. The molecule has 0 aliphatic carbocycles. The molecule has 0 atom stereocenters. The molecule has 1 aromatic rings. The molecular weight excluding hydrogens is 264 g/mol. The molecule has 2 heterocycles. The van der Waals surface area contributed by atoms with Crippen LogP contribution in [-0.2, 0) is 9.53 Å². The van der Waals surface area contributed by atoms with Crippen LogP contribution in [0.2, 0.25) is 0 Å². The molecular formula is C13H12N2O3S. The maximum absolute atomic E-state index is 11.7. The lowest BCUT2D eigenvalue weighted by molar-refractivity contribution is -0.136. The Kier molecular flexibility index (Phi) is 2.87. The number of hydrogen-bond acceptors (Lipinski definition) is 4. The van der Waals surface area contributed by atoms with Crippen LogP contribution in [0.4, 0.5) is 5.69 Å². The van der Waals surface area contributed by atoms with Crippen molar-refractivity contribution in [2.24, 2.45) is 0 Å². The summed E-state index contributed by atoms with van der Waals surface area (Å²) in [5.74, 6) is 0.371. The van der Waals surface area contributed by atoms with E-state index >= 15 is 0 Å². The molecule has 1 aromatic carbocycles. The highest BCUT2D eigenvalue weighted by molar-refractivity contribution is 7.80. The first-order valence-corrected chi connectivity index (χ1v) is 6.35. The van der Waals surface area contributed by atoms with Crippen molar-refractivity contribution in [1.29, 1.82) is 0 Å². The van der Waals surface area contributed by atoms with Crippen molar-refractivity contribution >= 4 is 34.6 Å². The molecule has 0 spiro atoms. The summed E-state index contributed by atoms with van der Waals surface area (Å²) in [6, 6.07) is 5.63. The minimum absolute atomic E-state index is 0.244. The lowest BCUT2D eigenvalue weighted by atomic mass is 10.0. The number of cyclic esters (lactones) is 1. The van der Waals surface area contributed by atoms with E-state index in [2.05, 4.69) is 10.6 Å². The van der Waals surface area contributed by atoms with Crippen LogP contribution in [0.1, 0.15) is 12.5 Å². The van der Waals surface area contributed by atoms with Crippen LogP contribution >= 0.6 is 12.2 Å². The molecule has 0 saturated heterocycles. The van der Waals surface area contributed by atoms with Gasteiger partial charge in [0.2, 0.25) is 0 Å². The molecule has 3 rings (SSSR count). The molecule has 0 unspecified atom stereocenters. The van der Waals surface area contributed by atoms with Crippen LogP contribution in [0.15, 0.2) is 23.9 Å². The standard InChI is InChI=1S/C13H12N2O3S/c1-2-17-7-3-4-10-8(5-7)9-6-18-12(16)11(9)15-13(19)14-10/h3-5H,2,6H2,1H3,(H2,14,15,19). The second-order valence-corrected chi connectivity index (χ2v) is 4.56.